The van der Waals surface area contributed by atoms with Gasteiger partial charge in [-0.3, -0.25) is 9.59 Å². The molecule has 7 nitrogen and oxygen atoms in total. The van der Waals surface area contributed by atoms with Crippen LogP contribution in [0.3, 0.4) is 0 Å². The minimum absolute atomic E-state index is 0.0689. The maximum absolute atomic E-state index is 13.6. The lowest BCUT2D eigenvalue weighted by Gasteiger charge is -2.13. The number of methoxy groups -OCH3 is 2. The lowest BCUT2D eigenvalue weighted by Crippen LogP contribution is -2.26. The Morgan fingerprint density at radius 1 is 1.07 bits per heavy atom. The summed E-state index contributed by atoms with van der Waals surface area (Å²) in [5.41, 5.74) is -0.310. The summed E-state index contributed by atoms with van der Waals surface area (Å²) in [6.45, 7) is 0. The predicted molar refractivity (Wildman–Crippen MR) is 97.3 cm³/mol. The molecule has 0 unspecified atom stereocenters. The molecule has 0 radical (unpaired) electrons. The van der Waals surface area contributed by atoms with Crippen LogP contribution in [0.4, 0.5) is 10.1 Å². The molecule has 1 aromatic heterocycles. The molecule has 1 N–H and O–H groups in total. The zero-order valence-electron chi connectivity index (χ0n) is 14.6. The number of amides is 1. The van der Waals surface area contributed by atoms with Crippen molar-refractivity contribution < 1.29 is 18.7 Å². The molecular weight excluding hydrogens is 353 g/mol. The first-order valence-corrected chi connectivity index (χ1v) is 7.92. The van der Waals surface area contributed by atoms with Crippen molar-refractivity contribution >= 4 is 11.6 Å². The third kappa shape index (κ3) is 3.79. The third-order valence-electron chi connectivity index (χ3n) is 3.73. The van der Waals surface area contributed by atoms with E-state index in [9.17, 15) is 14.0 Å². The summed E-state index contributed by atoms with van der Waals surface area (Å²) in [4.78, 5) is 24.9. The fourth-order valence-electron chi connectivity index (χ4n) is 2.47. The Labute approximate surface area is 154 Å². The van der Waals surface area contributed by atoms with Crippen LogP contribution in [0.1, 0.15) is 10.5 Å². The second-order valence-electron chi connectivity index (χ2n) is 5.45. The van der Waals surface area contributed by atoms with Crippen LogP contribution in [0.5, 0.6) is 11.6 Å². The highest BCUT2D eigenvalue weighted by atomic mass is 19.1. The maximum atomic E-state index is 13.6. The zero-order chi connectivity index (χ0) is 19.4. The van der Waals surface area contributed by atoms with E-state index in [1.807, 2.05) is 0 Å². The van der Waals surface area contributed by atoms with Crippen molar-refractivity contribution in [3.8, 4) is 17.3 Å². The number of rotatable bonds is 5. The van der Waals surface area contributed by atoms with E-state index in [0.717, 1.165) is 6.07 Å². The summed E-state index contributed by atoms with van der Waals surface area (Å²) in [5.74, 6) is -0.711. The van der Waals surface area contributed by atoms with Crippen molar-refractivity contribution in [1.82, 2.24) is 9.78 Å². The van der Waals surface area contributed by atoms with Gasteiger partial charge in [-0.2, -0.15) is 5.10 Å². The number of halogens is 1. The Morgan fingerprint density at radius 2 is 1.85 bits per heavy atom. The second-order valence-corrected chi connectivity index (χ2v) is 5.45. The number of nitrogens with one attached hydrogen (secondary N) is 1. The molecule has 0 aliphatic rings. The van der Waals surface area contributed by atoms with Crippen molar-refractivity contribution in [1.29, 1.82) is 0 Å². The highest BCUT2D eigenvalue weighted by Gasteiger charge is 2.18. The summed E-state index contributed by atoms with van der Waals surface area (Å²) >= 11 is 0. The quantitative estimate of drug-likeness (QED) is 0.748. The van der Waals surface area contributed by atoms with E-state index in [4.69, 9.17) is 9.47 Å². The Bertz CT molecular complexity index is 1050. The van der Waals surface area contributed by atoms with E-state index in [0.29, 0.717) is 17.1 Å². The SMILES string of the molecule is COc1ccccc1NC(=O)c1nn(-c2cccc(F)c2)c(OC)cc1=O. The van der Waals surface area contributed by atoms with Gasteiger partial charge in [-0.05, 0) is 30.3 Å². The molecule has 138 valence electrons. The van der Waals surface area contributed by atoms with Gasteiger partial charge < -0.3 is 14.8 Å². The van der Waals surface area contributed by atoms with Crippen molar-refractivity contribution in [2.24, 2.45) is 0 Å². The number of ether oxygens (including phenoxy) is 2. The first-order chi connectivity index (χ1) is 13.0. The smallest absolute Gasteiger partial charge is 0.280 e. The van der Waals surface area contributed by atoms with Gasteiger partial charge in [-0.1, -0.05) is 18.2 Å². The van der Waals surface area contributed by atoms with Gasteiger partial charge in [0.05, 0.1) is 31.7 Å². The number of carbonyl (C=O) groups is 1. The Morgan fingerprint density at radius 3 is 2.56 bits per heavy atom. The summed E-state index contributed by atoms with van der Waals surface area (Å²) in [6, 6.07) is 13.4. The van der Waals surface area contributed by atoms with Gasteiger partial charge in [-0.25, -0.2) is 9.07 Å². The van der Waals surface area contributed by atoms with Crippen LogP contribution in [-0.4, -0.2) is 29.9 Å². The number of anilines is 1. The van der Waals surface area contributed by atoms with Crippen LogP contribution in [0.2, 0.25) is 0 Å². The van der Waals surface area contributed by atoms with Crippen LogP contribution < -0.4 is 20.2 Å². The second kappa shape index (κ2) is 7.69. The van der Waals surface area contributed by atoms with E-state index in [1.54, 1.807) is 30.3 Å². The molecule has 0 spiro atoms. The highest BCUT2D eigenvalue weighted by Crippen LogP contribution is 2.23. The number of carbonyl (C=O) groups excluding carboxylic acids is 1. The summed E-state index contributed by atoms with van der Waals surface area (Å²) in [5, 5.41) is 6.66. The number of hydrogen-bond donors (Lipinski definition) is 1. The molecule has 3 aromatic rings. The van der Waals surface area contributed by atoms with Crippen LogP contribution >= 0.6 is 0 Å². The minimum Gasteiger partial charge on any atom is -0.495 e. The zero-order valence-corrected chi connectivity index (χ0v) is 14.6. The summed E-state index contributed by atoms with van der Waals surface area (Å²) in [6.07, 6.45) is 0. The Hall–Kier alpha value is -3.68. The molecule has 0 aliphatic carbocycles. The lowest BCUT2D eigenvalue weighted by atomic mass is 10.2. The largest absolute Gasteiger partial charge is 0.495 e. The van der Waals surface area contributed by atoms with Crippen molar-refractivity contribution in [3.05, 3.63) is 76.3 Å². The fraction of sp³-hybridized carbons (Fsp3) is 0.105. The number of benzene rings is 2. The van der Waals surface area contributed by atoms with Gasteiger partial charge in [0, 0.05) is 0 Å². The normalized spacial score (nSPS) is 10.3. The van der Waals surface area contributed by atoms with Gasteiger partial charge in [-0.15, -0.1) is 0 Å². The van der Waals surface area contributed by atoms with Crippen LogP contribution in [0, 0.1) is 5.82 Å². The molecule has 0 saturated carbocycles. The van der Waals surface area contributed by atoms with E-state index >= 15 is 0 Å². The van der Waals surface area contributed by atoms with Crippen LogP contribution in [0.25, 0.3) is 5.69 Å². The number of aromatic nitrogens is 2. The van der Waals surface area contributed by atoms with Gasteiger partial charge in [0.25, 0.3) is 5.91 Å². The Kier molecular flexibility index (Phi) is 5.16. The van der Waals surface area contributed by atoms with E-state index in [2.05, 4.69) is 10.4 Å². The predicted octanol–water partition coefficient (Wildman–Crippen LogP) is 2.64. The number of para-hydroxylation sites is 2. The fourth-order valence-corrected chi connectivity index (χ4v) is 2.47. The van der Waals surface area contributed by atoms with Crippen molar-refractivity contribution in [2.75, 3.05) is 19.5 Å². The topological polar surface area (TPSA) is 82.4 Å². The van der Waals surface area contributed by atoms with Gasteiger partial charge in [0.1, 0.15) is 11.6 Å². The minimum atomic E-state index is -0.725. The standard InChI is InChI=1S/C19H16FN3O4/c1-26-16-9-4-3-8-14(16)21-19(25)18-15(24)11-17(27-2)23(22-18)13-7-5-6-12(20)10-13/h3-11H,1-2H3,(H,21,25). The van der Waals surface area contributed by atoms with Gasteiger partial charge >= 0.3 is 0 Å². The average Bonchev–Trinajstić information content (AvgIpc) is 2.68. The lowest BCUT2D eigenvalue weighted by molar-refractivity contribution is 0.101. The number of nitrogens with zero attached hydrogens (tertiary/aromatic N) is 2. The highest BCUT2D eigenvalue weighted by molar-refractivity contribution is 6.03. The molecule has 27 heavy (non-hydrogen) atoms. The third-order valence-corrected chi connectivity index (χ3v) is 3.73. The van der Waals surface area contributed by atoms with Gasteiger partial charge in [0.15, 0.2) is 5.69 Å². The van der Waals surface area contributed by atoms with Crippen molar-refractivity contribution in [3.63, 3.8) is 0 Å². The molecular formula is C19H16FN3O4. The van der Waals surface area contributed by atoms with E-state index in [-0.39, 0.29) is 11.6 Å². The molecule has 1 amide bonds. The number of hydrogen-bond acceptors (Lipinski definition) is 5. The molecule has 0 saturated heterocycles. The molecule has 0 aliphatic heterocycles. The maximum Gasteiger partial charge on any atom is 0.280 e. The summed E-state index contributed by atoms with van der Waals surface area (Å²) < 4.78 is 25.1. The first kappa shape index (κ1) is 18.1. The average molecular weight is 369 g/mol. The molecule has 1 heterocycles. The molecule has 0 bridgehead atoms. The van der Waals surface area contributed by atoms with Gasteiger partial charge in [0.2, 0.25) is 11.3 Å². The molecule has 2 aromatic carbocycles. The molecule has 0 fully saturated rings. The van der Waals surface area contributed by atoms with Crippen LogP contribution in [0.15, 0.2) is 59.4 Å². The van der Waals surface area contributed by atoms with E-state index < -0.39 is 17.2 Å². The Balaban J connectivity index is 2.04. The molecule has 0 atom stereocenters. The van der Waals surface area contributed by atoms with Crippen molar-refractivity contribution in [2.45, 2.75) is 0 Å². The first-order valence-electron chi connectivity index (χ1n) is 7.92. The molecule has 3 rings (SSSR count). The van der Waals surface area contributed by atoms with Crippen LogP contribution in [-0.2, 0) is 0 Å². The van der Waals surface area contributed by atoms with E-state index in [1.165, 1.54) is 37.1 Å². The summed E-state index contributed by atoms with van der Waals surface area (Å²) in [7, 11) is 2.81. The monoisotopic (exact) mass is 369 g/mol. The molecule has 8 heteroatoms.